The fraction of sp³-hybridized carbons (Fsp3) is 0.182. The van der Waals surface area contributed by atoms with E-state index >= 15 is 0 Å². The van der Waals surface area contributed by atoms with E-state index in [4.69, 9.17) is 0 Å². The van der Waals surface area contributed by atoms with Crippen LogP contribution in [-0.2, 0) is 6.54 Å². The second kappa shape index (κ2) is 2.90. The molecule has 4 heteroatoms. The molecule has 15 heavy (non-hydrogen) atoms. The molecule has 2 heterocycles. The first kappa shape index (κ1) is 8.61. The van der Waals surface area contributed by atoms with Crippen LogP contribution in [0, 0.1) is 5.82 Å². The molecule has 1 aliphatic rings. The summed E-state index contributed by atoms with van der Waals surface area (Å²) in [6.07, 6.45) is 0. The Balaban J connectivity index is 2.44. The maximum absolute atomic E-state index is 13.6. The lowest BCUT2D eigenvalue weighted by molar-refractivity contribution is 0.0899. The van der Waals surface area contributed by atoms with E-state index in [0.29, 0.717) is 12.1 Å². The number of halogens is 1. The van der Waals surface area contributed by atoms with Crippen LogP contribution in [0.5, 0.6) is 0 Å². The van der Waals surface area contributed by atoms with Gasteiger partial charge in [-0.25, -0.2) is 4.39 Å². The summed E-state index contributed by atoms with van der Waals surface area (Å²) in [7, 11) is 0. The molecule has 0 atom stereocenters. The van der Waals surface area contributed by atoms with Gasteiger partial charge in [-0.1, -0.05) is 12.1 Å². The van der Waals surface area contributed by atoms with Gasteiger partial charge in [0.15, 0.2) is 0 Å². The van der Waals surface area contributed by atoms with Crippen molar-refractivity contribution >= 4 is 16.8 Å². The van der Waals surface area contributed by atoms with Crippen molar-refractivity contribution in [2.24, 2.45) is 0 Å². The Labute approximate surface area is 85.5 Å². The highest BCUT2D eigenvalue weighted by Gasteiger charge is 2.20. The first-order valence-electron chi connectivity index (χ1n) is 4.80. The van der Waals surface area contributed by atoms with Gasteiger partial charge in [0.25, 0.3) is 0 Å². The molecule has 1 N–H and O–H groups in total. The molecule has 0 radical (unpaired) electrons. The topological polar surface area (TPSA) is 34.0 Å². The van der Waals surface area contributed by atoms with E-state index in [1.54, 1.807) is 6.07 Å². The SMILES string of the molecule is O=C1CNCc2cc3cccc(F)c3n21. The normalized spacial score (nSPS) is 15.7. The molecule has 1 aromatic carbocycles. The fourth-order valence-corrected chi connectivity index (χ4v) is 2.06. The fourth-order valence-electron chi connectivity index (χ4n) is 2.06. The highest BCUT2D eigenvalue weighted by Crippen LogP contribution is 2.23. The van der Waals surface area contributed by atoms with Gasteiger partial charge in [-0.15, -0.1) is 0 Å². The second-order valence-electron chi connectivity index (χ2n) is 3.65. The molecular formula is C11H9FN2O. The number of nitrogens with one attached hydrogen (secondary N) is 1. The third-order valence-electron chi connectivity index (χ3n) is 2.68. The molecule has 0 spiro atoms. The van der Waals surface area contributed by atoms with E-state index in [-0.39, 0.29) is 18.3 Å². The van der Waals surface area contributed by atoms with E-state index in [1.165, 1.54) is 10.6 Å². The van der Waals surface area contributed by atoms with Crippen LogP contribution in [0.3, 0.4) is 0 Å². The van der Waals surface area contributed by atoms with Gasteiger partial charge < -0.3 is 5.32 Å². The molecule has 2 aromatic rings. The van der Waals surface area contributed by atoms with Gasteiger partial charge in [0.05, 0.1) is 12.1 Å². The largest absolute Gasteiger partial charge is 0.303 e. The summed E-state index contributed by atoms with van der Waals surface area (Å²) in [6.45, 7) is 0.880. The monoisotopic (exact) mass is 204 g/mol. The minimum atomic E-state index is -0.339. The number of para-hydroxylation sites is 1. The van der Waals surface area contributed by atoms with Crippen molar-refractivity contribution in [3.05, 3.63) is 35.8 Å². The maximum atomic E-state index is 13.6. The van der Waals surface area contributed by atoms with Crippen molar-refractivity contribution in [3.8, 4) is 0 Å². The van der Waals surface area contributed by atoms with Crippen LogP contribution in [0.25, 0.3) is 10.9 Å². The standard InChI is InChI=1S/C11H9FN2O/c12-9-3-1-2-7-4-8-5-13-6-10(15)14(8)11(7)9/h1-4,13H,5-6H2. The highest BCUT2D eigenvalue weighted by atomic mass is 19.1. The summed E-state index contributed by atoms with van der Waals surface area (Å²) in [4.78, 5) is 11.6. The molecule has 0 saturated heterocycles. The Morgan fingerprint density at radius 3 is 3.07 bits per heavy atom. The summed E-state index contributed by atoms with van der Waals surface area (Å²) >= 11 is 0. The summed E-state index contributed by atoms with van der Waals surface area (Å²) in [5.74, 6) is -0.439. The lowest BCUT2D eigenvalue weighted by atomic mass is 10.2. The van der Waals surface area contributed by atoms with Gasteiger partial charge >= 0.3 is 0 Å². The number of rotatable bonds is 0. The van der Waals surface area contributed by atoms with Gasteiger partial charge in [0.1, 0.15) is 5.82 Å². The smallest absolute Gasteiger partial charge is 0.245 e. The second-order valence-corrected chi connectivity index (χ2v) is 3.65. The molecule has 1 aliphatic heterocycles. The van der Waals surface area contributed by atoms with Crippen LogP contribution in [0.15, 0.2) is 24.3 Å². The van der Waals surface area contributed by atoms with Crippen LogP contribution in [0.1, 0.15) is 10.5 Å². The molecule has 0 unspecified atom stereocenters. The Morgan fingerprint density at radius 2 is 2.20 bits per heavy atom. The van der Waals surface area contributed by atoms with Crippen molar-refractivity contribution in [2.45, 2.75) is 6.54 Å². The summed E-state index contributed by atoms with van der Waals surface area (Å²) in [6, 6.07) is 6.70. The molecule has 3 nitrogen and oxygen atoms in total. The number of fused-ring (bicyclic) bond motifs is 3. The van der Waals surface area contributed by atoms with Crippen molar-refractivity contribution < 1.29 is 9.18 Å². The Morgan fingerprint density at radius 1 is 1.33 bits per heavy atom. The molecule has 3 rings (SSSR count). The third-order valence-corrected chi connectivity index (χ3v) is 2.68. The van der Waals surface area contributed by atoms with Gasteiger partial charge in [-0.05, 0) is 12.1 Å². The number of hydrogen-bond donors (Lipinski definition) is 1. The molecule has 0 amide bonds. The molecule has 0 fully saturated rings. The van der Waals surface area contributed by atoms with Gasteiger partial charge in [-0.3, -0.25) is 9.36 Å². The summed E-state index contributed by atoms with van der Waals surface area (Å²) < 4.78 is 15.1. The van der Waals surface area contributed by atoms with E-state index in [2.05, 4.69) is 5.32 Å². The first-order valence-corrected chi connectivity index (χ1v) is 4.80. The van der Waals surface area contributed by atoms with Crippen molar-refractivity contribution in [1.29, 1.82) is 0 Å². The van der Waals surface area contributed by atoms with E-state index in [0.717, 1.165) is 11.1 Å². The van der Waals surface area contributed by atoms with Crippen LogP contribution in [-0.4, -0.2) is 17.0 Å². The Kier molecular flexibility index (Phi) is 1.67. The average Bonchev–Trinajstić information content (AvgIpc) is 2.58. The van der Waals surface area contributed by atoms with Crippen molar-refractivity contribution in [1.82, 2.24) is 9.88 Å². The number of nitrogens with zero attached hydrogens (tertiary/aromatic N) is 1. The van der Waals surface area contributed by atoms with Gasteiger partial charge in [-0.2, -0.15) is 0 Å². The third kappa shape index (κ3) is 1.11. The van der Waals surface area contributed by atoms with E-state index in [9.17, 15) is 9.18 Å². The Hall–Kier alpha value is -1.68. The predicted octanol–water partition coefficient (Wildman–Crippen LogP) is 1.52. The van der Waals surface area contributed by atoms with Crippen molar-refractivity contribution in [3.63, 3.8) is 0 Å². The lowest BCUT2D eigenvalue weighted by Gasteiger charge is -2.15. The molecular weight excluding hydrogens is 195 g/mol. The quantitative estimate of drug-likeness (QED) is 0.706. The number of hydrogen-bond acceptors (Lipinski definition) is 2. The van der Waals surface area contributed by atoms with Gasteiger partial charge in [0, 0.05) is 17.6 Å². The number of carbonyl (C=O) groups excluding carboxylic acids is 1. The van der Waals surface area contributed by atoms with Crippen LogP contribution >= 0.6 is 0 Å². The average molecular weight is 204 g/mol. The minimum absolute atomic E-state index is 0.101. The van der Waals surface area contributed by atoms with Crippen LogP contribution in [0.2, 0.25) is 0 Å². The maximum Gasteiger partial charge on any atom is 0.245 e. The van der Waals surface area contributed by atoms with Crippen LogP contribution < -0.4 is 5.32 Å². The molecule has 0 saturated carbocycles. The zero-order chi connectivity index (χ0) is 10.4. The lowest BCUT2D eigenvalue weighted by Crippen LogP contribution is -2.34. The molecule has 76 valence electrons. The molecule has 1 aromatic heterocycles. The predicted molar refractivity (Wildman–Crippen MR) is 54.2 cm³/mol. The van der Waals surface area contributed by atoms with Crippen molar-refractivity contribution in [2.75, 3.05) is 6.54 Å². The van der Waals surface area contributed by atoms with Crippen LogP contribution in [0.4, 0.5) is 4.39 Å². The number of aromatic nitrogens is 1. The molecule has 0 bridgehead atoms. The summed E-state index contributed by atoms with van der Waals surface area (Å²) in [5, 5.41) is 3.76. The molecule has 0 aliphatic carbocycles. The first-order chi connectivity index (χ1) is 7.27. The minimum Gasteiger partial charge on any atom is -0.303 e. The zero-order valence-electron chi connectivity index (χ0n) is 7.96. The highest BCUT2D eigenvalue weighted by molar-refractivity contribution is 5.95. The van der Waals surface area contributed by atoms with Gasteiger partial charge in [0.2, 0.25) is 5.91 Å². The summed E-state index contributed by atoms with van der Waals surface area (Å²) in [5.41, 5.74) is 1.23. The number of benzene rings is 1. The number of carbonyl (C=O) groups is 1. The van der Waals surface area contributed by atoms with E-state index in [1.807, 2.05) is 12.1 Å². The van der Waals surface area contributed by atoms with E-state index < -0.39 is 0 Å². The Bertz CT molecular complexity index is 559. The zero-order valence-corrected chi connectivity index (χ0v) is 7.96.